The molecule has 0 fully saturated rings. The summed E-state index contributed by atoms with van der Waals surface area (Å²) in [7, 11) is 0. The van der Waals surface area contributed by atoms with Gasteiger partial charge in [0.2, 0.25) is 0 Å². The first kappa shape index (κ1) is 9.47. The van der Waals surface area contributed by atoms with Crippen molar-refractivity contribution in [3.05, 3.63) is 42.3 Å². The number of hydrogen-bond donors (Lipinski definition) is 1. The third-order valence-electron chi connectivity index (χ3n) is 2.22. The van der Waals surface area contributed by atoms with Gasteiger partial charge in [-0.25, -0.2) is 4.98 Å². The van der Waals surface area contributed by atoms with E-state index >= 15 is 0 Å². The average Bonchev–Trinajstić information content (AvgIpc) is 2.95. The van der Waals surface area contributed by atoms with Gasteiger partial charge < -0.3 is 9.51 Å². The smallest absolute Gasteiger partial charge is 0.166 e. The summed E-state index contributed by atoms with van der Waals surface area (Å²) in [6.45, 7) is 0. The molecule has 16 heavy (non-hydrogen) atoms. The Morgan fingerprint density at radius 2 is 2.19 bits per heavy atom. The van der Waals surface area contributed by atoms with E-state index in [0.717, 1.165) is 27.6 Å². The SMILES string of the molecule is c1ccc2[nH]c(SCc3ccon3)nc2c1. The molecule has 0 atom stereocenters. The quantitative estimate of drug-likeness (QED) is 0.704. The molecule has 0 bridgehead atoms. The fourth-order valence-electron chi connectivity index (χ4n) is 1.45. The van der Waals surface area contributed by atoms with Gasteiger partial charge in [0.15, 0.2) is 5.16 Å². The van der Waals surface area contributed by atoms with E-state index in [-0.39, 0.29) is 0 Å². The number of aromatic nitrogens is 3. The molecule has 5 heteroatoms. The minimum atomic E-state index is 0.760. The summed E-state index contributed by atoms with van der Waals surface area (Å²) in [5, 5.41) is 4.75. The lowest BCUT2D eigenvalue weighted by Crippen LogP contribution is -1.80. The van der Waals surface area contributed by atoms with Crippen molar-refractivity contribution in [3.63, 3.8) is 0 Å². The Balaban J connectivity index is 1.79. The number of H-pyrrole nitrogens is 1. The molecule has 0 radical (unpaired) electrons. The van der Waals surface area contributed by atoms with Crippen LogP contribution >= 0.6 is 11.8 Å². The largest absolute Gasteiger partial charge is 0.364 e. The second kappa shape index (κ2) is 4.02. The van der Waals surface area contributed by atoms with Crippen LogP contribution in [-0.2, 0) is 5.75 Å². The van der Waals surface area contributed by atoms with Gasteiger partial charge in [-0.1, -0.05) is 29.1 Å². The topological polar surface area (TPSA) is 54.7 Å². The van der Waals surface area contributed by atoms with Crippen LogP contribution in [0.2, 0.25) is 0 Å². The fraction of sp³-hybridized carbons (Fsp3) is 0.0909. The Labute approximate surface area is 96.1 Å². The van der Waals surface area contributed by atoms with Crippen LogP contribution in [0, 0.1) is 0 Å². The first-order valence-corrected chi connectivity index (χ1v) is 5.87. The lowest BCUT2D eigenvalue weighted by Gasteiger charge is -1.91. The minimum Gasteiger partial charge on any atom is -0.364 e. The van der Waals surface area contributed by atoms with E-state index in [1.165, 1.54) is 0 Å². The van der Waals surface area contributed by atoms with Gasteiger partial charge in [0.25, 0.3) is 0 Å². The van der Waals surface area contributed by atoms with E-state index in [0.29, 0.717) is 0 Å². The highest BCUT2D eigenvalue weighted by Gasteiger charge is 2.04. The maximum Gasteiger partial charge on any atom is 0.166 e. The molecule has 4 nitrogen and oxygen atoms in total. The zero-order chi connectivity index (χ0) is 10.8. The van der Waals surface area contributed by atoms with Crippen LogP contribution in [0.1, 0.15) is 5.69 Å². The molecule has 0 unspecified atom stereocenters. The average molecular weight is 231 g/mol. The Morgan fingerprint density at radius 3 is 3.00 bits per heavy atom. The number of hydrogen-bond acceptors (Lipinski definition) is 4. The van der Waals surface area contributed by atoms with Crippen molar-refractivity contribution in [1.29, 1.82) is 0 Å². The minimum absolute atomic E-state index is 0.760. The van der Waals surface area contributed by atoms with Crippen LogP contribution in [0.15, 0.2) is 46.3 Å². The zero-order valence-electron chi connectivity index (χ0n) is 8.38. The van der Waals surface area contributed by atoms with E-state index in [2.05, 4.69) is 15.1 Å². The van der Waals surface area contributed by atoms with Crippen LogP contribution in [0.4, 0.5) is 0 Å². The highest BCUT2D eigenvalue weighted by molar-refractivity contribution is 7.98. The maximum atomic E-state index is 4.77. The standard InChI is InChI=1S/C11H9N3OS/c1-2-4-10-9(3-1)12-11(13-10)16-7-8-5-6-15-14-8/h1-6H,7H2,(H,12,13). The van der Waals surface area contributed by atoms with Gasteiger partial charge in [-0.15, -0.1) is 0 Å². The Kier molecular flexibility index (Phi) is 2.38. The first-order valence-electron chi connectivity index (χ1n) is 4.88. The van der Waals surface area contributed by atoms with Crippen LogP contribution in [0.5, 0.6) is 0 Å². The molecule has 2 heterocycles. The number of benzene rings is 1. The van der Waals surface area contributed by atoms with Gasteiger partial charge in [0, 0.05) is 11.8 Å². The number of fused-ring (bicyclic) bond motifs is 1. The molecule has 0 aliphatic heterocycles. The molecule has 1 aromatic carbocycles. The molecule has 2 aromatic heterocycles. The van der Waals surface area contributed by atoms with Crippen molar-refractivity contribution in [2.24, 2.45) is 0 Å². The number of nitrogens with one attached hydrogen (secondary N) is 1. The zero-order valence-corrected chi connectivity index (χ0v) is 9.20. The second-order valence-corrected chi connectivity index (χ2v) is 4.30. The van der Waals surface area contributed by atoms with E-state index in [9.17, 15) is 0 Å². The highest BCUT2D eigenvalue weighted by Crippen LogP contribution is 2.21. The molecular weight excluding hydrogens is 222 g/mol. The summed E-state index contributed by atoms with van der Waals surface area (Å²) in [6, 6.07) is 9.84. The second-order valence-electron chi connectivity index (χ2n) is 3.34. The van der Waals surface area contributed by atoms with Crippen LogP contribution in [0.25, 0.3) is 11.0 Å². The van der Waals surface area contributed by atoms with Crippen molar-refractivity contribution < 1.29 is 4.52 Å². The van der Waals surface area contributed by atoms with Gasteiger partial charge in [-0.2, -0.15) is 0 Å². The Hall–Kier alpha value is -1.75. The number of aromatic amines is 1. The van der Waals surface area contributed by atoms with Crippen molar-refractivity contribution in [3.8, 4) is 0 Å². The van der Waals surface area contributed by atoms with Crippen molar-refractivity contribution in [2.45, 2.75) is 10.9 Å². The van der Waals surface area contributed by atoms with Crippen LogP contribution in [-0.4, -0.2) is 15.1 Å². The molecule has 0 amide bonds. The fourth-order valence-corrected chi connectivity index (χ4v) is 2.23. The molecule has 80 valence electrons. The van der Waals surface area contributed by atoms with Crippen molar-refractivity contribution >= 4 is 22.8 Å². The highest BCUT2D eigenvalue weighted by atomic mass is 32.2. The summed E-state index contributed by atoms with van der Waals surface area (Å²) in [4.78, 5) is 7.71. The van der Waals surface area contributed by atoms with Gasteiger partial charge in [-0.05, 0) is 12.1 Å². The lowest BCUT2D eigenvalue weighted by atomic mass is 10.3. The molecule has 0 saturated heterocycles. The number of nitrogens with zero attached hydrogens (tertiary/aromatic N) is 2. The maximum absolute atomic E-state index is 4.77. The number of para-hydroxylation sites is 2. The van der Waals surface area contributed by atoms with Gasteiger partial charge in [-0.3, -0.25) is 0 Å². The number of imidazole rings is 1. The van der Waals surface area contributed by atoms with Crippen LogP contribution < -0.4 is 0 Å². The summed E-state index contributed by atoms with van der Waals surface area (Å²) >= 11 is 1.61. The van der Waals surface area contributed by atoms with E-state index in [4.69, 9.17) is 4.52 Å². The monoisotopic (exact) mass is 231 g/mol. The van der Waals surface area contributed by atoms with Gasteiger partial charge in [0.1, 0.15) is 6.26 Å². The normalized spacial score (nSPS) is 11.0. The molecular formula is C11H9N3OS. The summed E-state index contributed by atoms with van der Waals surface area (Å²) in [5.74, 6) is 0.760. The Bertz CT molecular complexity index is 555. The van der Waals surface area contributed by atoms with E-state index in [1.54, 1.807) is 18.0 Å². The van der Waals surface area contributed by atoms with Crippen LogP contribution in [0.3, 0.4) is 0 Å². The van der Waals surface area contributed by atoms with E-state index < -0.39 is 0 Å². The summed E-state index contributed by atoms with van der Waals surface area (Å²) in [5.41, 5.74) is 2.97. The molecule has 0 aliphatic carbocycles. The molecule has 3 rings (SSSR count). The molecule has 0 aliphatic rings. The summed E-state index contributed by atoms with van der Waals surface area (Å²) < 4.78 is 4.77. The molecule has 0 spiro atoms. The Morgan fingerprint density at radius 1 is 1.25 bits per heavy atom. The number of thioether (sulfide) groups is 1. The lowest BCUT2D eigenvalue weighted by molar-refractivity contribution is 0.414. The van der Waals surface area contributed by atoms with Gasteiger partial charge >= 0.3 is 0 Å². The number of rotatable bonds is 3. The van der Waals surface area contributed by atoms with Gasteiger partial charge in [0.05, 0.1) is 16.7 Å². The third-order valence-corrected chi connectivity index (χ3v) is 3.12. The predicted molar refractivity (Wildman–Crippen MR) is 62.2 cm³/mol. The summed E-state index contributed by atoms with van der Waals surface area (Å²) in [6.07, 6.45) is 1.58. The first-order chi connectivity index (χ1) is 7.92. The molecule has 3 aromatic rings. The molecule has 0 saturated carbocycles. The van der Waals surface area contributed by atoms with Crippen molar-refractivity contribution in [2.75, 3.05) is 0 Å². The third kappa shape index (κ3) is 1.81. The predicted octanol–water partition coefficient (Wildman–Crippen LogP) is 2.84. The molecule has 1 N–H and O–H groups in total. The van der Waals surface area contributed by atoms with E-state index in [1.807, 2.05) is 30.3 Å². The van der Waals surface area contributed by atoms with Crippen molar-refractivity contribution in [1.82, 2.24) is 15.1 Å².